The molecule has 1 aliphatic carbocycles. The number of nitrogens with one attached hydrogen (secondary N) is 1. The Morgan fingerprint density at radius 2 is 1.88 bits per heavy atom. The Morgan fingerprint density at radius 3 is 2.59 bits per heavy atom. The normalized spacial score (nSPS) is 18.4. The van der Waals surface area contributed by atoms with Gasteiger partial charge in [0.15, 0.2) is 0 Å². The molecule has 0 atom stereocenters. The molecule has 0 spiro atoms. The van der Waals surface area contributed by atoms with Crippen LogP contribution in [0, 0.1) is 12.8 Å². The summed E-state index contributed by atoms with van der Waals surface area (Å²) in [5, 5.41) is 9.63. The van der Waals surface area contributed by atoms with Crippen LogP contribution in [0.1, 0.15) is 73.3 Å². The van der Waals surface area contributed by atoms with Gasteiger partial charge in [0.05, 0.1) is 27.3 Å². The van der Waals surface area contributed by atoms with Gasteiger partial charge in [-0.1, -0.05) is 37.8 Å². The second-order valence-electron chi connectivity index (χ2n) is 9.44. The van der Waals surface area contributed by atoms with Crippen LogP contribution >= 0.6 is 22.9 Å². The fraction of sp³-hybridized carbons (Fsp3) is 0.520. The minimum atomic E-state index is -0.0867. The highest BCUT2D eigenvalue weighted by atomic mass is 35.5. The van der Waals surface area contributed by atoms with E-state index in [4.69, 9.17) is 16.7 Å². The molecule has 0 unspecified atom stereocenters. The molecule has 3 heterocycles. The van der Waals surface area contributed by atoms with Gasteiger partial charge in [-0.15, -0.1) is 11.3 Å². The van der Waals surface area contributed by atoms with Crippen molar-refractivity contribution in [3.05, 3.63) is 39.9 Å². The van der Waals surface area contributed by atoms with Gasteiger partial charge in [0, 0.05) is 24.2 Å². The number of aromatic nitrogens is 2. The number of anilines is 2. The first-order valence-electron chi connectivity index (χ1n) is 11.8. The first-order valence-corrected chi connectivity index (χ1v) is 13.0. The number of aryl methyl sites for hydroxylation is 1. The van der Waals surface area contributed by atoms with Gasteiger partial charge in [-0.2, -0.15) is 5.10 Å². The number of carbonyl (C=O) groups excluding carboxylic acids is 1. The summed E-state index contributed by atoms with van der Waals surface area (Å²) in [5.74, 6) is 0.690. The van der Waals surface area contributed by atoms with Crippen LogP contribution in [0.5, 0.6) is 0 Å². The number of carbonyl (C=O) groups is 1. The van der Waals surface area contributed by atoms with Crippen LogP contribution in [0.25, 0.3) is 10.2 Å². The van der Waals surface area contributed by atoms with E-state index in [0.717, 1.165) is 51.2 Å². The Balaban J connectivity index is 1.33. The summed E-state index contributed by atoms with van der Waals surface area (Å²) < 4.78 is 2.18. The monoisotopic (exact) mass is 470 g/mol. The molecule has 2 aliphatic rings. The first kappa shape index (κ1) is 21.8. The molecule has 1 amide bonds. The highest BCUT2D eigenvalue weighted by Gasteiger charge is 2.23. The molecule has 0 bridgehead atoms. The largest absolute Gasteiger partial charge is 0.370 e. The number of amides is 1. The van der Waals surface area contributed by atoms with Gasteiger partial charge < -0.3 is 10.2 Å². The average molecular weight is 471 g/mol. The summed E-state index contributed by atoms with van der Waals surface area (Å²) in [6, 6.07) is 8.30. The smallest absolute Gasteiger partial charge is 0.265 e. The van der Waals surface area contributed by atoms with Crippen molar-refractivity contribution in [3.63, 3.8) is 0 Å². The molecular weight excluding hydrogens is 440 g/mol. The lowest BCUT2D eigenvalue weighted by atomic mass is 9.96. The summed E-state index contributed by atoms with van der Waals surface area (Å²) in [7, 11) is 0. The number of piperidine rings is 1. The van der Waals surface area contributed by atoms with Gasteiger partial charge in [0.25, 0.3) is 5.91 Å². The summed E-state index contributed by atoms with van der Waals surface area (Å²) in [5.41, 5.74) is 2.79. The lowest BCUT2D eigenvalue weighted by Gasteiger charge is -2.32. The molecule has 1 saturated heterocycles. The molecule has 1 N–H and O–H groups in total. The lowest BCUT2D eigenvalue weighted by molar-refractivity contribution is 0.103. The molecule has 1 aliphatic heterocycles. The molecule has 5 nitrogen and oxygen atoms in total. The van der Waals surface area contributed by atoms with Gasteiger partial charge in [0.1, 0.15) is 4.83 Å². The van der Waals surface area contributed by atoms with Crippen LogP contribution in [0.4, 0.5) is 11.4 Å². The maximum absolute atomic E-state index is 13.0. The van der Waals surface area contributed by atoms with Crippen molar-refractivity contribution in [2.75, 3.05) is 23.3 Å². The van der Waals surface area contributed by atoms with Crippen molar-refractivity contribution in [2.24, 2.45) is 5.92 Å². The van der Waals surface area contributed by atoms with Crippen LogP contribution < -0.4 is 10.2 Å². The minimum absolute atomic E-state index is 0.0867. The summed E-state index contributed by atoms with van der Waals surface area (Å²) in [4.78, 5) is 17.2. The zero-order chi connectivity index (χ0) is 22.2. The second-order valence-corrected chi connectivity index (χ2v) is 10.9. The van der Waals surface area contributed by atoms with Crippen LogP contribution in [0.3, 0.4) is 0 Å². The van der Waals surface area contributed by atoms with Gasteiger partial charge in [-0.3, -0.25) is 9.48 Å². The third-order valence-electron chi connectivity index (χ3n) is 7.04. The van der Waals surface area contributed by atoms with Crippen molar-refractivity contribution < 1.29 is 4.79 Å². The molecule has 2 fully saturated rings. The van der Waals surface area contributed by atoms with E-state index in [0.29, 0.717) is 11.1 Å². The van der Waals surface area contributed by atoms with E-state index in [1.807, 2.05) is 31.2 Å². The molecule has 170 valence electrons. The highest BCUT2D eigenvalue weighted by molar-refractivity contribution is 7.20. The highest BCUT2D eigenvalue weighted by Crippen LogP contribution is 2.36. The molecule has 7 heteroatoms. The molecule has 32 heavy (non-hydrogen) atoms. The lowest BCUT2D eigenvalue weighted by Crippen LogP contribution is -2.32. The van der Waals surface area contributed by atoms with E-state index in [9.17, 15) is 4.79 Å². The van der Waals surface area contributed by atoms with E-state index in [1.54, 1.807) is 11.3 Å². The SMILES string of the molecule is Cc1nn(C2CCCCC2)c2sc(C(=O)Nc3ccc(N4CCC(C)CC4)c(Cl)c3)cc12. The topological polar surface area (TPSA) is 50.2 Å². The fourth-order valence-electron chi connectivity index (χ4n) is 5.04. The maximum Gasteiger partial charge on any atom is 0.265 e. The zero-order valence-corrected chi connectivity index (χ0v) is 20.4. The summed E-state index contributed by atoms with van der Waals surface area (Å²) in [6.07, 6.45) is 8.58. The Kier molecular flexibility index (Phi) is 6.17. The van der Waals surface area contributed by atoms with Crippen molar-refractivity contribution >= 4 is 50.4 Å². The molecule has 0 radical (unpaired) electrons. The predicted octanol–water partition coefficient (Wildman–Crippen LogP) is 7.05. The number of benzene rings is 1. The van der Waals surface area contributed by atoms with Crippen LogP contribution in [0.15, 0.2) is 24.3 Å². The Bertz CT molecular complexity index is 1120. The molecule has 1 aromatic carbocycles. The van der Waals surface area contributed by atoms with Crippen molar-refractivity contribution in [1.82, 2.24) is 9.78 Å². The number of halogens is 1. The van der Waals surface area contributed by atoms with E-state index in [-0.39, 0.29) is 5.91 Å². The number of thiophene rings is 1. The third-order valence-corrected chi connectivity index (χ3v) is 8.47. The maximum atomic E-state index is 13.0. The van der Waals surface area contributed by atoms with Crippen LogP contribution in [-0.2, 0) is 0 Å². The second kappa shape index (κ2) is 9.06. The number of fused-ring (bicyclic) bond motifs is 1. The quantitative estimate of drug-likeness (QED) is 0.444. The summed E-state index contributed by atoms with van der Waals surface area (Å²) in [6.45, 7) is 6.41. The molecule has 2 aromatic heterocycles. The van der Waals surface area contributed by atoms with E-state index in [1.165, 1.54) is 44.9 Å². The molecule has 3 aromatic rings. The van der Waals surface area contributed by atoms with Gasteiger partial charge >= 0.3 is 0 Å². The standard InChI is InChI=1S/C25H31ClN4OS/c1-16-10-12-29(13-11-16)22-9-8-18(14-21(22)26)27-24(31)23-15-20-17(2)28-30(25(20)32-23)19-6-4-3-5-7-19/h8-9,14-16,19H,3-7,10-13H2,1-2H3,(H,27,31). The number of hydrogen-bond donors (Lipinski definition) is 1. The number of hydrogen-bond acceptors (Lipinski definition) is 4. The number of nitrogens with zero attached hydrogens (tertiary/aromatic N) is 3. The zero-order valence-electron chi connectivity index (χ0n) is 18.9. The Labute approximate surface area is 198 Å². The van der Waals surface area contributed by atoms with Crippen molar-refractivity contribution in [3.8, 4) is 0 Å². The molecular formula is C25H31ClN4OS. The van der Waals surface area contributed by atoms with E-state index in [2.05, 4.69) is 21.8 Å². The fourth-order valence-corrected chi connectivity index (χ4v) is 6.47. The van der Waals surface area contributed by atoms with Crippen molar-refractivity contribution in [1.29, 1.82) is 0 Å². The van der Waals surface area contributed by atoms with Crippen molar-refractivity contribution in [2.45, 2.75) is 64.8 Å². The van der Waals surface area contributed by atoms with Gasteiger partial charge in [-0.05, 0) is 62.8 Å². The molecule has 5 rings (SSSR count). The minimum Gasteiger partial charge on any atom is -0.370 e. The Morgan fingerprint density at radius 1 is 1.12 bits per heavy atom. The van der Waals surface area contributed by atoms with Crippen LogP contribution in [0.2, 0.25) is 5.02 Å². The van der Waals surface area contributed by atoms with E-state index >= 15 is 0 Å². The van der Waals surface area contributed by atoms with E-state index < -0.39 is 0 Å². The molecule has 1 saturated carbocycles. The van der Waals surface area contributed by atoms with Gasteiger partial charge in [0.2, 0.25) is 0 Å². The Hall–Kier alpha value is -2.05. The van der Waals surface area contributed by atoms with Gasteiger partial charge in [-0.25, -0.2) is 0 Å². The first-order chi connectivity index (χ1) is 15.5. The number of rotatable bonds is 4. The van der Waals surface area contributed by atoms with Crippen LogP contribution in [-0.4, -0.2) is 28.8 Å². The average Bonchev–Trinajstić information content (AvgIpc) is 3.36. The third kappa shape index (κ3) is 4.27. The summed E-state index contributed by atoms with van der Waals surface area (Å²) >= 11 is 8.14. The predicted molar refractivity (Wildman–Crippen MR) is 134 cm³/mol.